The molecule has 7 heteroatoms. The van der Waals surface area contributed by atoms with Crippen LogP contribution in [0.4, 0.5) is 5.82 Å². The molecular formula is C24H29ClN6. The zero-order chi connectivity index (χ0) is 21.6. The molecule has 0 saturated heterocycles. The van der Waals surface area contributed by atoms with E-state index in [0.717, 1.165) is 66.8 Å². The third kappa shape index (κ3) is 5.64. The predicted octanol–water partition coefficient (Wildman–Crippen LogP) is 5.37. The molecule has 6 nitrogen and oxygen atoms in total. The average molecular weight is 437 g/mol. The van der Waals surface area contributed by atoms with Gasteiger partial charge in [-0.1, -0.05) is 43.5 Å². The molecule has 2 aromatic rings. The number of aromatic amines is 1. The number of aliphatic imine (C=N–C) groups is 2. The molecule has 0 unspecified atom stereocenters. The van der Waals surface area contributed by atoms with Crippen molar-refractivity contribution in [2.45, 2.75) is 32.1 Å². The van der Waals surface area contributed by atoms with Crippen molar-refractivity contribution < 1.29 is 0 Å². The van der Waals surface area contributed by atoms with Gasteiger partial charge in [-0.2, -0.15) is 4.98 Å². The first-order valence-corrected chi connectivity index (χ1v) is 11.3. The lowest BCUT2D eigenvalue weighted by Crippen LogP contribution is -2.26. The number of nitrogens with zero attached hydrogens (tertiary/aromatic N) is 4. The molecule has 31 heavy (non-hydrogen) atoms. The summed E-state index contributed by atoms with van der Waals surface area (Å²) >= 11 is 6.10. The molecule has 2 aliphatic rings. The van der Waals surface area contributed by atoms with Crippen LogP contribution in [0.25, 0.3) is 5.70 Å². The standard InChI is InChI=1S/C24H29ClN6/c1-3-26-23-22(29-24(25)30-23)17(2)31(16-18-12-13-18)14-8-7-11-21-27-15-20(28-21)19-9-5-4-6-10-19/h3-6,9-10,18,26H,1-2,7-8,11-16H2,(H,29,30). The topological polar surface area (TPSA) is 68.7 Å². The molecule has 0 spiro atoms. The molecule has 1 aliphatic heterocycles. The van der Waals surface area contributed by atoms with Crippen LogP contribution < -0.4 is 5.32 Å². The van der Waals surface area contributed by atoms with E-state index in [1.165, 1.54) is 12.8 Å². The summed E-state index contributed by atoms with van der Waals surface area (Å²) in [4.78, 5) is 19.1. The summed E-state index contributed by atoms with van der Waals surface area (Å²) in [7, 11) is 0. The van der Waals surface area contributed by atoms with Crippen LogP contribution in [0, 0.1) is 5.92 Å². The van der Waals surface area contributed by atoms with Crippen molar-refractivity contribution in [3.05, 3.63) is 66.2 Å². The number of aromatic nitrogens is 2. The van der Waals surface area contributed by atoms with Crippen LogP contribution >= 0.6 is 11.6 Å². The van der Waals surface area contributed by atoms with E-state index in [9.17, 15) is 0 Å². The molecule has 1 aromatic heterocycles. The van der Waals surface area contributed by atoms with E-state index < -0.39 is 0 Å². The highest BCUT2D eigenvalue weighted by atomic mass is 35.5. The van der Waals surface area contributed by atoms with Crippen molar-refractivity contribution in [3.63, 3.8) is 0 Å². The number of halogens is 1. The van der Waals surface area contributed by atoms with Gasteiger partial charge in [-0.15, -0.1) is 0 Å². The van der Waals surface area contributed by atoms with E-state index >= 15 is 0 Å². The monoisotopic (exact) mass is 436 g/mol. The summed E-state index contributed by atoms with van der Waals surface area (Å²) in [6, 6.07) is 10.3. The van der Waals surface area contributed by atoms with E-state index in [-0.39, 0.29) is 0 Å². The number of amidine groups is 1. The molecule has 2 heterocycles. The van der Waals surface area contributed by atoms with Crippen LogP contribution in [-0.2, 0) is 0 Å². The first kappa shape index (κ1) is 21.4. The lowest BCUT2D eigenvalue weighted by molar-refractivity contribution is 0.369. The number of rotatable bonds is 12. The number of benzene rings is 1. The van der Waals surface area contributed by atoms with Crippen LogP contribution in [0.3, 0.4) is 0 Å². The molecule has 0 atom stereocenters. The molecule has 1 aromatic carbocycles. The summed E-state index contributed by atoms with van der Waals surface area (Å²) in [5.74, 6) is 2.38. The number of hydrogen-bond acceptors (Lipinski definition) is 5. The second-order valence-electron chi connectivity index (χ2n) is 8.05. The minimum atomic E-state index is 0.346. The smallest absolute Gasteiger partial charge is 0.202 e. The fourth-order valence-electron chi connectivity index (χ4n) is 3.76. The van der Waals surface area contributed by atoms with Crippen molar-refractivity contribution >= 4 is 34.7 Å². The quantitative estimate of drug-likeness (QED) is 0.439. The third-order valence-electron chi connectivity index (χ3n) is 5.62. The number of H-pyrrole nitrogens is 1. The maximum Gasteiger partial charge on any atom is 0.202 e. The summed E-state index contributed by atoms with van der Waals surface area (Å²) < 4.78 is 0. The highest BCUT2D eigenvalue weighted by Crippen LogP contribution is 2.33. The fourth-order valence-corrected chi connectivity index (χ4v) is 3.94. The predicted molar refractivity (Wildman–Crippen MR) is 130 cm³/mol. The molecular weight excluding hydrogens is 408 g/mol. The largest absolute Gasteiger partial charge is 0.370 e. The first-order chi connectivity index (χ1) is 15.1. The lowest BCUT2D eigenvalue weighted by atomic mass is 10.1. The summed E-state index contributed by atoms with van der Waals surface area (Å²) in [6.45, 7) is 10.7. The van der Waals surface area contributed by atoms with Gasteiger partial charge in [0.15, 0.2) is 5.82 Å². The van der Waals surface area contributed by atoms with Crippen LogP contribution in [0.5, 0.6) is 0 Å². The van der Waals surface area contributed by atoms with Gasteiger partial charge >= 0.3 is 0 Å². The Kier molecular flexibility index (Phi) is 6.87. The van der Waals surface area contributed by atoms with Gasteiger partial charge in [0.2, 0.25) is 5.28 Å². The molecule has 0 bridgehead atoms. The molecule has 4 rings (SSSR count). The Hall–Kier alpha value is -2.86. The van der Waals surface area contributed by atoms with Crippen LogP contribution in [-0.4, -0.2) is 46.0 Å². The fraction of sp³-hybridized carbons (Fsp3) is 0.375. The summed E-state index contributed by atoms with van der Waals surface area (Å²) in [5, 5.41) is 3.39. The molecule has 1 aliphatic carbocycles. The number of anilines is 1. The highest BCUT2D eigenvalue weighted by Gasteiger charge is 2.26. The number of unbranched alkanes of at least 4 members (excludes halogenated alkanes) is 1. The van der Waals surface area contributed by atoms with Crippen molar-refractivity contribution in [2.75, 3.05) is 25.0 Å². The Bertz CT molecular complexity index is 987. The molecule has 0 radical (unpaired) electrons. The lowest BCUT2D eigenvalue weighted by Gasteiger charge is -2.26. The summed E-state index contributed by atoms with van der Waals surface area (Å²) in [5.41, 5.74) is 3.97. The Labute approximate surface area is 188 Å². The second-order valence-corrected chi connectivity index (χ2v) is 8.41. The van der Waals surface area contributed by atoms with Gasteiger partial charge < -0.3 is 15.2 Å². The Morgan fingerprint density at radius 2 is 2.06 bits per heavy atom. The van der Waals surface area contributed by atoms with Gasteiger partial charge in [-0.25, -0.2) is 4.99 Å². The molecule has 162 valence electrons. The van der Waals surface area contributed by atoms with Crippen LogP contribution in [0.1, 0.15) is 43.4 Å². The Morgan fingerprint density at radius 1 is 1.26 bits per heavy atom. The van der Waals surface area contributed by atoms with Gasteiger partial charge in [0.1, 0.15) is 11.5 Å². The first-order valence-electron chi connectivity index (χ1n) is 10.9. The van der Waals surface area contributed by atoms with Crippen LogP contribution in [0.2, 0.25) is 5.28 Å². The van der Waals surface area contributed by atoms with Crippen molar-refractivity contribution in [3.8, 4) is 0 Å². The van der Waals surface area contributed by atoms with E-state index in [2.05, 4.69) is 50.5 Å². The van der Waals surface area contributed by atoms with Gasteiger partial charge in [-0.05, 0) is 55.0 Å². The van der Waals surface area contributed by atoms with Gasteiger partial charge in [0, 0.05) is 19.5 Å². The minimum Gasteiger partial charge on any atom is -0.370 e. The Balaban J connectivity index is 1.31. The zero-order valence-electron chi connectivity index (χ0n) is 17.8. The molecule has 2 N–H and O–H groups in total. The van der Waals surface area contributed by atoms with Gasteiger partial charge in [0.25, 0.3) is 0 Å². The van der Waals surface area contributed by atoms with Gasteiger partial charge in [-0.3, -0.25) is 4.99 Å². The van der Waals surface area contributed by atoms with E-state index in [1.807, 2.05) is 18.2 Å². The maximum atomic E-state index is 6.10. The van der Waals surface area contributed by atoms with Crippen molar-refractivity contribution in [1.82, 2.24) is 14.9 Å². The third-order valence-corrected chi connectivity index (χ3v) is 5.80. The normalized spacial score (nSPS) is 15.4. The van der Waals surface area contributed by atoms with E-state index in [0.29, 0.717) is 17.6 Å². The second kappa shape index (κ2) is 9.96. The number of nitrogens with one attached hydrogen (secondary N) is 2. The SMILES string of the molecule is C=CNc1nc(Cl)[nH]c1C(=C)N(CCCCC1=NCC(c2ccccc2)=N1)CC1CC1. The van der Waals surface area contributed by atoms with Crippen molar-refractivity contribution in [2.24, 2.45) is 15.9 Å². The minimum absolute atomic E-state index is 0.346. The number of hydrogen-bond donors (Lipinski definition) is 2. The Morgan fingerprint density at radius 3 is 2.81 bits per heavy atom. The average Bonchev–Trinajstić information content (AvgIpc) is 3.34. The number of imidazole rings is 1. The highest BCUT2D eigenvalue weighted by molar-refractivity contribution is 6.28. The molecule has 1 saturated carbocycles. The maximum absolute atomic E-state index is 6.10. The van der Waals surface area contributed by atoms with E-state index in [4.69, 9.17) is 16.6 Å². The molecule has 0 amide bonds. The summed E-state index contributed by atoms with van der Waals surface area (Å²) in [6.07, 6.45) is 7.17. The van der Waals surface area contributed by atoms with E-state index in [1.54, 1.807) is 6.20 Å². The van der Waals surface area contributed by atoms with Gasteiger partial charge in [0.05, 0.1) is 18.0 Å². The van der Waals surface area contributed by atoms with Crippen molar-refractivity contribution in [1.29, 1.82) is 0 Å². The zero-order valence-corrected chi connectivity index (χ0v) is 18.5. The molecule has 1 fully saturated rings. The van der Waals surface area contributed by atoms with Crippen LogP contribution in [0.15, 0.2) is 59.7 Å².